The molecule has 1 rings (SSSR count). The predicted molar refractivity (Wildman–Crippen MR) is 75.0 cm³/mol. The van der Waals surface area contributed by atoms with Crippen LogP contribution in [0.15, 0.2) is 30.3 Å². The second-order valence-corrected chi connectivity index (χ2v) is 5.16. The summed E-state index contributed by atoms with van der Waals surface area (Å²) in [6.45, 7) is 2.18. The van der Waals surface area contributed by atoms with Gasteiger partial charge in [0.2, 0.25) is 0 Å². The standard InChI is InChI=1S/C14H20N2S/c1-12(9-11-17-2)16-14(8-10-15)13-6-4-3-5-7-13/h3-7,12,14,16H,8-9,11H2,1-2H3. The van der Waals surface area contributed by atoms with Crippen molar-refractivity contribution in [2.75, 3.05) is 12.0 Å². The lowest BCUT2D eigenvalue weighted by Gasteiger charge is -2.21. The Balaban J connectivity index is 2.58. The molecule has 92 valence electrons. The van der Waals surface area contributed by atoms with Gasteiger partial charge in [0, 0.05) is 12.1 Å². The van der Waals surface area contributed by atoms with E-state index in [2.05, 4.69) is 36.7 Å². The van der Waals surface area contributed by atoms with E-state index in [9.17, 15) is 0 Å². The molecule has 0 aliphatic carbocycles. The average Bonchev–Trinajstić information content (AvgIpc) is 2.37. The molecule has 0 bridgehead atoms. The van der Waals surface area contributed by atoms with E-state index in [0.29, 0.717) is 12.5 Å². The second-order valence-electron chi connectivity index (χ2n) is 4.17. The number of benzene rings is 1. The smallest absolute Gasteiger partial charge is 0.0641 e. The Bertz CT molecular complexity index is 345. The van der Waals surface area contributed by atoms with Gasteiger partial charge in [0.1, 0.15) is 0 Å². The first-order valence-corrected chi connectivity index (χ1v) is 7.34. The van der Waals surface area contributed by atoms with Crippen LogP contribution in [-0.2, 0) is 0 Å². The molecule has 0 aromatic heterocycles. The molecular formula is C14H20N2S. The van der Waals surface area contributed by atoms with E-state index in [1.165, 1.54) is 5.56 Å². The molecule has 0 fully saturated rings. The highest BCUT2D eigenvalue weighted by molar-refractivity contribution is 7.98. The third-order valence-electron chi connectivity index (χ3n) is 2.74. The van der Waals surface area contributed by atoms with Gasteiger partial charge in [0.05, 0.1) is 12.5 Å². The first-order valence-electron chi connectivity index (χ1n) is 5.94. The first kappa shape index (κ1) is 14.1. The minimum atomic E-state index is 0.151. The largest absolute Gasteiger partial charge is 0.307 e. The molecule has 2 nitrogen and oxygen atoms in total. The van der Waals surface area contributed by atoms with E-state index < -0.39 is 0 Å². The summed E-state index contributed by atoms with van der Waals surface area (Å²) in [6, 6.07) is 13.1. The van der Waals surface area contributed by atoms with Crippen LogP contribution in [0.2, 0.25) is 0 Å². The lowest BCUT2D eigenvalue weighted by Crippen LogP contribution is -2.30. The fourth-order valence-corrected chi connectivity index (χ4v) is 2.36. The lowest BCUT2D eigenvalue weighted by molar-refractivity contribution is 0.453. The van der Waals surface area contributed by atoms with Gasteiger partial charge in [0.15, 0.2) is 0 Å². The highest BCUT2D eigenvalue weighted by atomic mass is 32.2. The van der Waals surface area contributed by atoms with Crippen molar-refractivity contribution >= 4 is 11.8 Å². The number of nitrogens with one attached hydrogen (secondary N) is 1. The average molecular weight is 248 g/mol. The molecule has 0 heterocycles. The quantitative estimate of drug-likeness (QED) is 0.803. The Morgan fingerprint density at radius 3 is 2.65 bits per heavy atom. The molecule has 0 radical (unpaired) electrons. The van der Waals surface area contributed by atoms with Crippen LogP contribution >= 0.6 is 11.8 Å². The van der Waals surface area contributed by atoms with Gasteiger partial charge in [-0.05, 0) is 30.9 Å². The number of thioether (sulfide) groups is 1. The Labute approximate surface area is 108 Å². The van der Waals surface area contributed by atoms with E-state index in [1.54, 1.807) is 0 Å². The highest BCUT2D eigenvalue weighted by Crippen LogP contribution is 2.17. The maximum Gasteiger partial charge on any atom is 0.0641 e. The van der Waals surface area contributed by atoms with E-state index in [1.807, 2.05) is 30.0 Å². The van der Waals surface area contributed by atoms with Gasteiger partial charge in [-0.1, -0.05) is 30.3 Å². The van der Waals surface area contributed by atoms with Crippen molar-refractivity contribution in [2.45, 2.75) is 31.8 Å². The van der Waals surface area contributed by atoms with E-state index in [0.717, 1.165) is 12.2 Å². The van der Waals surface area contributed by atoms with Gasteiger partial charge in [-0.2, -0.15) is 17.0 Å². The van der Waals surface area contributed by atoms with Crippen molar-refractivity contribution in [3.05, 3.63) is 35.9 Å². The Morgan fingerprint density at radius 2 is 2.06 bits per heavy atom. The van der Waals surface area contributed by atoms with E-state index in [-0.39, 0.29) is 6.04 Å². The summed E-state index contributed by atoms with van der Waals surface area (Å²) < 4.78 is 0. The monoisotopic (exact) mass is 248 g/mol. The van der Waals surface area contributed by atoms with Crippen LogP contribution in [0.1, 0.15) is 31.4 Å². The highest BCUT2D eigenvalue weighted by Gasteiger charge is 2.13. The van der Waals surface area contributed by atoms with Crippen molar-refractivity contribution in [3.8, 4) is 6.07 Å². The van der Waals surface area contributed by atoms with Crippen LogP contribution in [0, 0.1) is 11.3 Å². The zero-order chi connectivity index (χ0) is 12.5. The summed E-state index contributed by atoms with van der Waals surface area (Å²) in [5, 5.41) is 12.4. The molecule has 2 unspecified atom stereocenters. The molecule has 2 atom stereocenters. The van der Waals surface area contributed by atoms with Gasteiger partial charge >= 0.3 is 0 Å². The summed E-state index contributed by atoms with van der Waals surface area (Å²) >= 11 is 1.86. The molecule has 1 N–H and O–H groups in total. The maximum atomic E-state index is 8.89. The zero-order valence-corrected chi connectivity index (χ0v) is 11.3. The second kappa shape index (κ2) is 8.16. The van der Waals surface area contributed by atoms with Gasteiger partial charge in [0.25, 0.3) is 0 Å². The van der Waals surface area contributed by atoms with Crippen molar-refractivity contribution in [1.82, 2.24) is 5.32 Å². The molecule has 17 heavy (non-hydrogen) atoms. The molecule has 0 aliphatic rings. The summed E-state index contributed by atoms with van der Waals surface area (Å²) in [5.41, 5.74) is 1.20. The number of rotatable bonds is 7. The van der Waals surface area contributed by atoms with Crippen LogP contribution in [0.5, 0.6) is 0 Å². The van der Waals surface area contributed by atoms with Crippen LogP contribution < -0.4 is 5.32 Å². The number of hydrogen-bond acceptors (Lipinski definition) is 3. The predicted octanol–water partition coefficient (Wildman–Crippen LogP) is 3.37. The number of nitrogens with zero attached hydrogens (tertiary/aromatic N) is 1. The van der Waals surface area contributed by atoms with Gasteiger partial charge in [-0.15, -0.1) is 0 Å². The summed E-state index contributed by atoms with van der Waals surface area (Å²) in [5.74, 6) is 1.15. The Morgan fingerprint density at radius 1 is 1.35 bits per heavy atom. The molecule has 0 saturated heterocycles. The van der Waals surface area contributed by atoms with Crippen LogP contribution in [-0.4, -0.2) is 18.1 Å². The topological polar surface area (TPSA) is 35.8 Å². The summed E-state index contributed by atoms with van der Waals surface area (Å²) in [4.78, 5) is 0. The van der Waals surface area contributed by atoms with Crippen molar-refractivity contribution in [1.29, 1.82) is 5.26 Å². The number of hydrogen-bond donors (Lipinski definition) is 1. The molecule has 1 aromatic rings. The maximum absolute atomic E-state index is 8.89. The molecule has 0 saturated carbocycles. The van der Waals surface area contributed by atoms with Crippen LogP contribution in [0.3, 0.4) is 0 Å². The molecule has 0 spiro atoms. The van der Waals surface area contributed by atoms with Gasteiger partial charge in [-0.3, -0.25) is 0 Å². The number of nitriles is 1. The Hall–Kier alpha value is -0.980. The molecule has 1 aromatic carbocycles. The minimum absolute atomic E-state index is 0.151. The molecule has 0 aliphatic heterocycles. The molecular weight excluding hydrogens is 228 g/mol. The van der Waals surface area contributed by atoms with Crippen LogP contribution in [0.25, 0.3) is 0 Å². The van der Waals surface area contributed by atoms with Gasteiger partial charge < -0.3 is 5.32 Å². The van der Waals surface area contributed by atoms with E-state index >= 15 is 0 Å². The molecule has 0 amide bonds. The fourth-order valence-electron chi connectivity index (χ4n) is 1.77. The SMILES string of the molecule is CSCCC(C)NC(CC#N)c1ccccc1. The first-order chi connectivity index (χ1) is 8.27. The third-order valence-corrected chi connectivity index (χ3v) is 3.38. The summed E-state index contributed by atoms with van der Waals surface area (Å²) in [6.07, 6.45) is 3.78. The van der Waals surface area contributed by atoms with Crippen molar-refractivity contribution < 1.29 is 0 Å². The van der Waals surface area contributed by atoms with E-state index in [4.69, 9.17) is 5.26 Å². The minimum Gasteiger partial charge on any atom is -0.307 e. The Kier molecular flexibility index (Phi) is 6.76. The van der Waals surface area contributed by atoms with Crippen molar-refractivity contribution in [3.63, 3.8) is 0 Å². The normalized spacial score (nSPS) is 13.9. The fraction of sp³-hybridized carbons (Fsp3) is 0.500. The zero-order valence-electron chi connectivity index (χ0n) is 10.5. The third kappa shape index (κ3) is 5.25. The lowest BCUT2D eigenvalue weighted by atomic mass is 10.0. The summed E-state index contributed by atoms with van der Waals surface area (Å²) in [7, 11) is 0. The molecule has 3 heteroatoms. The van der Waals surface area contributed by atoms with Crippen molar-refractivity contribution in [2.24, 2.45) is 0 Å². The van der Waals surface area contributed by atoms with Crippen LogP contribution in [0.4, 0.5) is 0 Å². The van der Waals surface area contributed by atoms with Gasteiger partial charge in [-0.25, -0.2) is 0 Å².